The number of esters is 1. The first kappa shape index (κ1) is 19.2. The van der Waals surface area contributed by atoms with Crippen molar-refractivity contribution in [2.75, 3.05) is 0 Å². The van der Waals surface area contributed by atoms with Crippen molar-refractivity contribution in [1.82, 2.24) is 0 Å². The molecule has 0 saturated heterocycles. The molecule has 142 valence electrons. The molecule has 0 N–H and O–H groups in total. The van der Waals surface area contributed by atoms with E-state index in [2.05, 4.69) is 71.1 Å². The van der Waals surface area contributed by atoms with Crippen molar-refractivity contribution in [3.8, 4) is 0 Å². The molecule has 2 aliphatic carbocycles. The molecule has 0 heterocycles. The Bertz CT molecular complexity index is 717. The Labute approximate surface area is 158 Å². The van der Waals surface area contributed by atoms with Gasteiger partial charge in [-0.25, -0.2) is 0 Å². The van der Waals surface area contributed by atoms with E-state index in [-0.39, 0.29) is 22.5 Å². The van der Waals surface area contributed by atoms with E-state index < -0.39 is 8.32 Å². The first-order chi connectivity index (χ1) is 12.0. The lowest BCUT2D eigenvalue weighted by Gasteiger charge is -2.39. The van der Waals surface area contributed by atoms with Gasteiger partial charge in [-0.2, -0.15) is 0 Å². The summed E-state index contributed by atoms with van der Waals surface area (Å²) in [5.74, 6) is 1.64. The van der Waals surface area contributed by atoms with Crippen molar-refractivity contribution in [2.24, 2.45) is 11.8 Å². The molecule has 1 saturated carbocycles. The number of ether oxygens (including phenoxy) is 1. The summed E-state index contributed by atoms with van der Waals surface area (Å²) in [6, 6.07) is 10.4. The van der Waals surface area contributed by atoms with Gasteiger partial charge >= 0.3 is 5.97 Å². The summed E-state index contributed by atoms with van der Waals surface area (Å²) >= 11 is 0. The first-order valence-corrected chi connectivity index (χ1v) is 12.5. The molecule has 0 bridgehead atoms. The highest BCUT2D eigenvalue weighted by Crippen LogP contribution is 2.64. The van der Waals surface area contributed by atoms with Gasteiger partial charge in [-0.05, 0) is 35.7 Å². The molecule has 3 nitrogen and oxygen atoms in total. The predicted octanol–water partition coefficient (Wildman–Crippen LogP) is 5.43. The fraction of sp³-hybridized carbons (Fsp3) is 0.591. The summed E-state index contributed by atoms with van der Waals surface area (Å²) in [5.41, 5.74) is 0.988. The van der Waals surface area contributed by atoms with E-state index >= 15 is 0 Å². The molecule has 3 rings (SSSR count). The van der Waals surface area contributed by atoms with E-state index in [9.17, 15) is 4.79 Å². The van der Waals surface area contributed by atoms with E-state index in [1.807, 2.05) is 6.07 Å². The maximum absolute atomic E-state index is 11.7. The van der Waals surface area contributed by atoms with Gasteiger partial charge in [-0.3, -0.25) is 4.79 Å². The largest absolute Gasteiger partial charge is 0.547 e. The minimum absolute atomic E-state index is 0.0853. The lowest BCUT2D eigenvalue weighted by molar-refractivity contribution is -0.143. The summed E-state index contributed by atoms with van der Waals surface area (Å²) in [7, 11) is -1.90. The van der Waals surface area contributed by atoms with Crippen molar-refractivity contribution in [1.29, 1.82) is 0 Å². The molecule has 1 aromatic rings. The third-order valence-corrected chi connectivity index (χ3v) is 10.9. The van der Waals surface area contributed by atoms with Gasteiger partial charge in [0, 0.05) is 19.3 Å². The van der Waals surface area contributed by atoms with Crippen LogP contribution in [0.4, 0.5) is 0 Å². The molecule has 1 fully saturated rings. The quantitative estimate of drug-likeness (QED) is 0.522. The van der Waals surface area contributed by atoms with Crippen LogP contribution >= 0.6 is 0 Å². The Hall–Kier alpha value is -1.55. The molecule has 4 heteroatoms. The Balaban J connectivity index is 2.00. The van der Waals surface area contributed by atoms with Crippen LogP contribution in [0.15, 0.2) is 42.2 Å². The number of allylic oxidation sites excluding steroid dienone is 1. The van der Waals surface area contributed by atoms with Crippen LogP contribution in [0.5, 0.6) is 0 Å². The number of benzene rings is 1. The Morgan fingerprint density at radius 1 is 1.19 bits per heavy atom. The molecule has 0 spiro atoms. The Morgan fingerprint density at radius 2 is 1.81 bits per heavy atom. The van der Waals surface area contributed by atoms with Gasteiger partial charge < -0.3 is 9.16 Å². The molecular formula is C22H32O3Si. The van der Waals surface area contributed by atoms with Gasteiger partial charge in [-0.1, -0.05) is 58.0 Å². The smallest absolute Gasteiger partial charge is 0.302 e. The van der Waals surface area contributed by atoms with E-state index in [0.717, 1.165) is 12.2 Å². The number of carbonyl (C=O) groups excluding carboxylic acids is 1. The van der Waals surface area contributed by atoms with Crippen LogP contribution in [0, 0.1) is 11.8 Å². The number of hydrogen-bond acceptors (Lipinski definition) is 3. The molecule has 0 radical (unpaired) electrons. The van der Waals surface area contributed by atoms with Crippen molar-refractivity contribution in [3.05, 3.63) is 47.7 Å². The molecule has 0 aromatic heterocycles. The lowest BCUT2D eigenvalue weighted by atomic mass is 9.82. The highest BCUT2D eigenvalue weighted by Gasteiger charge is 2.70. The van der Waals surface area contributed by atoms with Crippen molar-refractivity contribution in [2.45, 2.75) is 70.7 Å². The van der Waals surface area contributed by atoms with Gasteiger partial charge in [0.15, 0.2) is 0 Å². The van der Waals surface area contributed by atoms with E-state index in [4.69, 9.17) is 9.16 Å². The highest BCUT2D eigenvalue weighted by molar-refractivity contribution is 6.74. The minimum atomic E-state index is -1.90. The van der Waals surface area contributed by atoms with Crippen molar-refractivity contribution < 1.29 is 14.0 Å². The van der Waals surface area contributed by atoms with E-state index in [1.165, 1.54) is 12.5 Å². The average Bonchev–Trinajstić information content (AvgIpc) is 3.15. The van der Waals surface area contributed by atoms with Crippen LogP contribution in [-0.4, -0.2) is 20.4 Å². The van der Waals surface area contributed by atoms with Gasteiger partial charge in [0.05, 0.1) is 11.2 Å². The predicted molar refractivity (Wildman–Crippen MR) is 107 cm³/mol. The summed E-state index contributed by atoms with van der Waals surface area (Å²) in [6.45, 7) is 15.1. The summed E-state index contributed by atoms with van der Waals surface area (Å²) in [6.07, 6.45) is 3.11. The van der Waals surface area contributed by atoms with Gasteiger partial charge in [0.2, 0.25) is 8.32 Å². The second-order valence-corrected chi connectivity index (χ2v) is 14.2. The third-order valence-electron chi connectivity index (χ3n) is 6.53. The summed E-state index contributed by atoms with van der Waals surface area (Å²) in [5, 5.41) is 0.159. The molecular weight excluding hydrogens is 340 g/mol. The molecule has 0 unspecified atom stereocenters. The van der Waals surface area contributed by atoms with Crippen LogP contribution in [0.3, 0.4) is 0 Å². The zero-order valence-corrected chi connectivity index (χ0v) is 18.1. The number of fused-ring (bicyclic) bond motifs is 1. The average molecular weight is 373 g/mol. The second kappa shape index (κ2) is 6.26. The molecule has 0 amide bonds. The SMILES string of the molecule is CC(=O)O[C@@H]1[C@@H]2[C@@H](C)CC(O[Si](C)(C)C(C)(C)C)=C[C@@]21c1ccccc1. The fourth-order valence-corrected chi connectivity index (χ4v) is 5.29. The zero-order valence-electron chi connectivity index (χ0n) is 17.1. The number of carbonyl (C=O) groups is 1. The maximum atomic E-state index is 11.7. The number of hydrogen-bond donors (Lipinski definition) is 0. The number of rotatable bonds is 4. The van der Waals surface area contributed by atoms with E-state index in [0.29, 0.717) is 11.8 Å². The maximum Gasteiger partial charge on any atom is 0.302 e. The van der Waals surface area contributed by atoms with Crippen LogP contribution in [0.2, 0.25) is 18.1 Å². The van der Waals surface area contributed by atoms with E-state index in [1.54, 1.807) is 0 Å². The van der Waals surface area contributed by atoms with Crippen molar-refractivity contribution in [3.63, 3.8) is 0 Å². The molecule has 26 heavy (non-hydrogen) atoms. The normalized spacial score (nSPS) is 30.9. The van der Waals surface area contributed by atoms with Crippen molar-refractivity contribution >= 4 is 14.3 Å². The zero-order chi connectivity index (χ0) is 19.3. The van der Waals surface area contributed by atoms with Gasteiger partial charge in [-0.15, -0.1) is 0 Å². The van der Waals surface area contributed by atoms with Crippen LogP contribution < -0.4 is 0 Å². The molecule has 2 aliphatic rings. The third kappa shape index (κ3) is 3.13. The Morgan fingerprint density at radius 3 is 2.35 bits per heavy atom. The molecule has 1 aromatic carbocycles. The fourth-order valence-electron chi connectivity index (χ4n) is 4.19. The Kier molecular flexibility index (Phi) is 4.63. The topological polar surface area (TPSA) is 35.5 Å². The lowest BCUT2D eigenvalue weighted by Crippen LogP contribution is -2.41. The van der Waals surface area contributed by atoms with Gasteiger partial charge in [0.1, 0.15) is 6.10 Å². The van der Waals surface area contributed by atoms with Crippen LogP contribution in [0.1, 0.15) is 46.6 Å². The monoisotopic (exact) mass is 372 g/mol. The molecule has 4 atom stereocenters. The summed E-state index contributed by atoms with van der Waals surface area (Å²) < 4.78 is 12.4. The van der Waals surface area contributed by atoms with Crippen LogP contribution in [0.25, 0.3) is 0 Å². The first-order valence-electron chi connectivity index (χ1n) is 9.62. The molecule has 0 aliphatic heterocycles. The van der Waals surface area contributed by atoms with Gasteiger partial charge in [0.25, 0.3) is 0 Å². The standard InChI is InChI=1S/C22H32O3Si/c1-15-13-18(25-26(6,7)21(3,4)5)14-22(17-11-9-8-10-12-17)19(15)20(22)24-16(2)23/h8-12,14-15,19-20H,13H2,1-7H3/t15-,19-,20+,22+/m0/s1. The minimum Gasteiger partial charge on any atom is -0.547 e. The highest BCUT2D eigenvalue weighted by atomic mass is 28.4. The second-order valence-electron chi connectivity index (χ2n) is 9.51. The summed E-state index contributed by atoms with van der Waals surface area (Å²) in [4.78, 5) is 11.7. The van der Waals surface area contributed by atoms with Crippen LogP contribution in [-0.2, 0) is 19.4 Å².